The van der Waals surface area contributed by atoms with Gasteiger partial charge in [-0.15, -0.1) is 0 Å². The number of ether oxygens (including phenoxy) is 1. The maximum atomic E-state index is 12.5. The van der Waals surface area contributed by atoms with Gasteiger partial charge in [0.25, 0.3) is 0 Å². The molecule has 1 heterocycles. The molecule has 1 aliphatic rings. The van der Waals surface area contributed by atoms with Gasteiger partial charge in [0.15, 0.2) is 0 Å². The lowest BCUT2D eigenvalue weighted by atomic mass is 9.76. The van der Waals surface area contributed by atoms with Crippen molar-refractivity contribution >= 4 is 11.6 Å². The van der Waals surface area contributed by atoms with Crippen molar-refractivity contribution in [2.24, 2.45) is 5.41 Å². The molecule has 104 valence electrons. The first kappa shape index (κ1) is 13.9. The topological polar surface area (TPSA) is 50.4 Å². The summed E-state index contributed by atoms with van der Waals surface area (Å²) in [6, 6.07) is 7.50. The van der Waals surface area contributed by atoms with Gasteiger partial charge in [-0.1, -0.05) is 13.0 Å². The van der Waals surface area contributed by atoms with Crippen LogP contribution in [-0.4, -0.2) is 26.1 Å². The Bertz CT molecular complexity index is 440. The molecule has 0 atom stereocenters. The van der Waals surface area contributed by atoms with Crippen molar-refractivity contribution in [1.29, 1.82) is 0 Å². The van der Waals surface area contributed by atoms with E-state index >= 15 is 0 Å². The number of anilines is 1. The number of carbonyl (C=O) groups is 1. The summed E-state index contributed by atoms with van der Waals surface area (Å²) >= 11 is 0. The molecule has 1 saturated heterocycles. The van der Waals surface area contributed by atoms with Crippen LogP contribution in [-0.2, 0) is 4.79 Å². The second kappa shape index (κ2) is 6.06. The van der Waals surface area contributed by atoms with E-state index in [4.69, 9.17) is 4.74 Å². The molecule has 0 bridgehead atoms. The van der Waals surface area contributed by atoms with E-state index in [0.29, 0.717) is 0 Å². The number of methoxy groups -OCH3 is 1. The van der Waals surface area contributed by atoms with Crippen LogP contribution in [0.15, 0.2) is 24.3 Å². The summed E-state index contributed by atoms with van der Waals surface area (Å²) in [5.74, 6) is 0.887. The standard InChI is InChI=1S/C15H22N2O2/c1-3-15(7-9-16-10-8-15)14(18)17-12-5-4-6-13(11-12)19-2/h4-6,11,16H,3,7-10H2,1-2H3,(H,17,18). The van der Waals surface area contributed by atoms with E-state index in [1.165, 1.54) is 0 Å². The van der Waals surface area contributed by atoms with Gasteiger partial charge in [-0.25, -0.2) is 0 Å². The number of carbonyl (C=O) groups excluding carboxylic acids is 1. The minimum Gasteiger partial charge on any atom is -0.497 e. The number of nitrogens with one attached hydrogen (secondary N) is 2. The zero-order valence-corrected chi connectivity index (χ0v) is 11.7. The monoisotopic (exact) mass is 262 g/mol. The Morgan fingerprint density at radius 2 is 2.16 bits per heavy atom. The fourth-order valence-electron chi connectivity index (χ4n) is 2.61. The van der Waals surface area contributed by atoms with Crippen LogP contribution in [0.5, 0.6) is 5.75 Å². The van der Waals surface area contributed by atoms with Crippen molar-refractivity contribution in [3.8, 4) is 5.75 Å². The third-order valence-corrected chi connectivity index (χ3v) is 4.05. The first-order valence-electron chi connectivity index (χ1n) is 6.86. The van der Waals surface area contributed by atoms with Crippen LogP contribution in [0.25, 0.3) is 0 Å². The van der Waals surface area contributed by atoms with E-state index in [1.807, 2.05) is 24.3 Å². The molecule has 1 amide bonds. The SMILES string of the molecule is CCC1(C(=O)Nc2cccc(OC)c2)CCNCC1. The van der Waals surface area contributed by atoms with Crippen LogP contribution in [0, 0.1) is 5.41 Å². The van der Waals surface area contributed by atoms with Crippen LogP contribution in [0.3, 0.4) is 0 Å². The third-order valence-electron chi connectivity index (χ3n) is 4.05. The highest BCUT2D eigenvalue weighted by atomic mass is 16.5. The predicted octanol–water partition coefficient (Wildman–Crippen LogP) is 2.41. The molecule has 2 rings (SSSR count). The summed E-state index contributed by atoms with van der Waals surface area (Å²) in [6.07, 6.45) is 2.68. The lowest BCUT2D eigenvalue weighted by Crippen LogP contribution is -2.44. The van der Waals surface area contributed by atoms with Crippen LogP contribution in [0.2, 0.25) is 0 Å². The van der Waals surface area contributed by atoms with Crippen LogP contribution >= 0.6 is 0 Å². The number of piperidine rings is 1. The van der Waals surface area contributed by atoms with Crippen molar-refractivity contribution < 1.29 is 9.53 Å². The average molecular weight is 262 g/mol. The summed E-state index contributed by atoms with van der Waals surface area (Å²) in [5, 5.41) is 6.34. The molecule has 19 heavy (non-hydrogen) atoms. The molecule has 1 aromatic carbocycles. The normalized spacial score (nSPS) is 17.8. The molecule has 0 aliphatic carbocycles. The van der Waals surface area contributed by atoms with Gasteiger partial charge in [-0.05, 0) is 44.5 Å². The number of hydrogen-bond acceptors (Lipinski definition) is 3. The average Bonchev–Trinajstić information content (AvgIpc) is 2.48. The highest BCUT2D eigenvalue weighted by molar-refractivity contribution is 5.95. The fourth-order valence-corrected chi connectivity index (χ4v) is 2.61. The van der Waals surface area contributed by atoms with Crippen molar-refractivity contribution in [2.45, 2.75) is 26.2 Å². The molecule has 1 aliphatic heterocycles. The molecule has 0 spiro atoms. The molecule has 4 nitrogen and oxygen atoms in total. The Morgan fingerprint density at radius 3 is 2.79 bits per heavy atom. The highest BCUT2D eigenvalue weighted by Crippen LogP contribution is 2.34. The Morgan fingerprint density at radius 1 is 1.42 bits per heavy atom. The van der Waals surface area contributed by atoms with Crippen molar-refractivity contribution in [3.05, 3.63) is 24.3 Å². The van der Waals surface area contributed by atoms with E-state index in [0.717, 1.165) is 43.8 Å². The Labute approximate surface area is 114 Å². The van der Waals surface area contributed by atoms with Crippen molar-refractivity contribution in [2.75, 3.05) is 25.5 Å². The molecule has 2 N–H and O–H groups in total. The zero-order chi connectivity index (χ0) is 13.7. The Kier molecular flexibility index (Phi) is 4.43. The number of amides is 1. The van der Waals surface area contributed by atoms with Gasteiger partial charge in [0.1, 0.15) is 5.75 Å². The number of rotatable bonds is 4. The smallest absolute Gasteiger partial charge is 0.230 e. The lowest BCUT2D eigenvalue weighted by molar-refractivity contribution is -0.127. The second-order valence-electron chi connectivity index (χ2n) is 5.07. The molecular weight excluding hydrogens is 240 g/mol. The van der Waals surface area contributed by atoms with E-state index < -0.39 is 0 Å². The summed E-state index contributed by atoms with van der Waals surface area (Å²) in [7, 11) is 1.63. The van der Waals surface area contributed by atoms with Crippen molar-refractivity contribution in [1.82, 2.24) is 5.32 Å². The zero-order valence-electron chi connectivity index (χ0n) is 11.7. The molecule has 1 fully saturated rings. The molecule has 1 aromatic rings. The maximum Gasteiger partial charge on any atom is 0.230 e. The van der Waals surface area contributed by atoms with Crippen LogP contribution in [0.1, 0.15) is 26.2 Å². The molecule has 0 saturated carbocycles. The fraction of sp³-hybridized carbons (Fsp3) is 0.533. The summed E-state index contributed by atoms with van der Waals surface area (Å²) in [4.78, 5) is 12.5. The van der Waals surface area contributed by atoms with Gasteiger partial charge >= 0.3 is 0 Å². The van der Waals surface area contributed by atoms with Crippen LogP contribution in [0.4, 0.5) is 5.69 Å². The quantitative estimate of drug-likeness (QED) is 0.876. The van der Waals surface area contributed by atoms with Gasteiger partial charge in [-0.3, -0.25) is 4.79 Å². The largest absolute Gasteiger partial charge is 0.497 e. The van der Waals surface area contributed by atoms with Gasteiger partial charge in [-0.2, -0.15) is 0 Å². The summed E-state index contributed by atoms with van der Waals surface area (Å²) in [6.45, 7) is 3.93. The Balaban J connectivity index is 2.10. The van der Waals surface area contributed by atoms with E-state index in [-0.39, 0.29) is 11.3 Å². The molecule has 0 unspecified atom stereocenters. The molecule has 0 aromatic heterocycles. The molecule has 4 heteroatoms. The summed E-state index contributed by atoms with van der Waals surface area (Å²) < 4.78 is 5.17. The predicted molar refractivity (Wildman–Crippen MR) is 76.5 cm³/mol. The number of benzene rings is 1. The van der Waals surface area contributed by atoms with Gasteiger partial charge < -0.3 is 15.4 Å². The second-order valence-corrected chi connectivity index (χ2v) is 5.07. The molecule has 0 radical (unpaired) electrons. The maximum absolute atomic E-state index is 12.5. The molecular formula is C15H22N2O2. The van der Waals surface area contributed by atoms with Gasteiger partial charge in [0, 0.05) is 11.8 Å². The first-order valence-corrected chi connectivity index (χ1v) is 6.86. The van der Waals surface area contributed by atoms with E-state index in [2.05, 4.69) is 17.6 Å². The lowest BCUT2D eigenvalue weighted by Gasteiger charge is -2.35. The van der Waals surface area contributed by atoms with Gasteiger partial charge in [0.05, 0.1) is 12.5 Å². The van der Waals surface area contributed by atoms with Crippen molar-refractivity contribution in [3.63, 3.8) is 0 Å². The van der Waals surface area contributed by atoms with Crippen LogP contribution < -0.4 is 15.4 Å². The minimum atomic E-state index is -0.228. The third kappa shape index (κ3) is 3.07. The van der Waals surface area contributed by atoms with Gasteiger partial charge in [0.2, 0.25) is 5.91 Å². The van der Waals surface area contributed by atoms with E-state index in [9.17, 15) is 4.79 Å². The van der Waals surface area contributed by atoms with E-state index in [1.54, 1.807) is 7.11 Å². The number of hydrogen-bond donors (Lipinski definition) is 2. The Hall–Kier alpha value is -1.55. The summed E-state index contributed by atoms with van der Waals surface area (Å²) in [5.41, 5.74) is 0.574. The highest BCUT2D eigenvalue weighted by Gasteiger charge is 2.37. The first-order chi connectivity index (χ1) is 9.20. The minimum absolute atomic E-state index is 0.129.